The number of rotatable bonds is 3. The molecular formula is C16H21NO3S. The molecule has 0 spiro atoms. The number of esters is 1. The summed E-state index contributed by atoms with van der Waals surface area (Å²) in [5, 5.41) is 2.99. The third-order valence-corrected chi connectivity index (χ3v) is 5.84. The molecule has 0 aliphatic heterocycles. The van der Waals surface area contributed by atoms with E-state index in [0.29, 0.717) is 12.8 Å². The number of carbonyl (C=O) groups excluding carboxylic acids is 2. The number of hydrogen-bond donors (Lipinski definition) is 1. The third-order valence-electron chi connectivity index (χ3n) is 4.61. The largest absolute Gasteiger partial charge is 0.467 e. The van der Waals surface area contributed by atoms with Gasteiger partial charge >= 0.3 is 5.97 Å². The third kappa shape index (κ3) is 2.71. The molecule has 1 fully saturated rings. The summed E-state index contributed by atoms with van der Waals surface area (Å²) in [6.07, 6.45) is 7.72. The lowest BCUT2D eigenvalue weighted by Gasteiger charge is -2.35. The first-order valence-electron chi connectivity index (χ1n) is 7.67. The molecule has 1 saturated carbocycles. The molecule has 1 aromatic rings. The van der Waals surface area contributed by atoms with Gasteiger partial charge in [-0.2, -0.15) is 0 Å². The van der Waals surface area contributed by atoms with E-state index in [0.717, 1.165) is 37.0 Å². The fraction of sp³-hybridized carbons (Fsp3) is 0.625. The highest BCUT2D eigenvalue weighted by Gasteiger charge is 2.42. The van der Waals surface area contributed by atoms with E-state index in [2.05, 4.69) is 5.32 Å². The van der Waals surface area contributed by atoms with E-state index in [-0.39, 0.29) is 11.9 Å². The number of amides is 1. The molecule has 1 heterocycles. The molecule has 0 saturated heterocycles. The molecule has 0 atom stereocenters. The molecule has 5 heteroatoms. The van der Waals surface area contributed by atoms with Crippen LogP contribution >= 0.6 is 11.3 Å². The summed E-state index contributed by atoms with van der Waals surface area (Å²) in [6, 6.07) is 2.00. The van der Waals surface area contributed by atoms with Crippen molar-refractivity contribution in [2.75, 3.05) is 7.11 Å². The Kier molecular flexibility index (Phi) is 4.02. The number of hydrogen-bond acceptors (Lipinski definition) is 4. The van der Waals surface area contributed by atoms with Crippen LogP contribution in [0, 0.1) is 0 Å². The van der Waals surface area contributed by atoms with Crippen LogP contribution < -0.4 is 5.32 Å². The molecule has 3 rings (SSSR count). The lowest BCUT2D eigenvalue weighted by Crippen LogP contribution is -2.56. The molecule has 0 radical (unpaired) electrons. The second-order valence-electron chi connectivity index (χ2n) is 6.00. The van der Waals surface area contributed by atoms with E-state index in [9.17, 15) is 9.59 Å². The van der Waals surface area contributed by atoms with Crippen LogP contribution in [-0.4, -0.2) is 24.5 Å². The molecule has 1 amide bonds. The van der Waals surface area contributed by atoms with E-state index < -0.39 is 5.54 Å². The van der Waals surface area contributed by atoms with Crippen molar-refractivity contribution in [3.8, 4) is 0 Å². The summed E-state index contributed by atoms with van der Waals surface area (Å²) in [5.41, 5.74) is 0.485. The maximum absolute atomic E-state index is 12.5. The zero-order chi connectivity index (χ0) is 14.9. The highest BCUT2D eigenvalue weighted by Crippen LogP contribution is 2.33. The van der Waals surface area contributed by atoms with Crippen molar-refractivity contribution in [1.29, 1.82) is 0 Å². The Morgan fingerprint density at radius 2 is 1.95 bits per heavy atom. The zero-order valence-corrected chi connectivity index (χ0v) is 13.2. The van der Waals surface area contributed by atoms with Crippen LogP contribution in [0.2, 0.25) is 0 Å². The van der Waals surface area contributed by atoms with Gasteiger partial charge < -0.3 is 10.1 Å². The number of nitrogens with one attached hydrogen (secondary N) is 1. The Morgan fingerprint density at radius 3 is 2.62 bits per heavy atom. The van der Waals surface area contributed by atoms with Crippen LogP contribution in [0.5, 0.6) is 0 Å². The molecule has 0 bridgehead atoms. The first-order valence-corrected chi connectivity index (χ1v) is 8.49. The highest BCUT2D eigenvalue weighted by molar-refractivity contribution is 7.14. The number of methoxy groups -OCH3 is 1. The molecule has 2 aliphatic carbocycles. The molecule has 0 unspecified atom stereocenters. The van der Waals surface area contributed by atoms with Crippen LogP contribution in [0.3, 0.4) is 0 Å². The lowest BCUT2D eigenvalue weighted by molar-refractivity contribution is -0.149. The number of fused-ring (bicyclic) bond motifs is 1. The maximum atomic E-state index is 12.5. The van der Waals surface area contributed by atoms with Gasteiger partial charge in [0.25, 0.3) is 5.91 Å². The summed E-state index contributed by atoms with van der Waals surface area (Å²) in [7, 11) is 1.39. The normalized spacial score (nSPS) is 19.9. The van der Waals surface area contributed by atoms with Crippen molar-refractivity contribution >= 4 is 23.2 Å². The first-order chi connectivity index (χ1) is 10.1. The fourth-order valence-electron chi connectivity index (χ4n) is 3.45. The van der Waals surface area contributed by atoms with Crippen LogP contribution in [0.4, 0.5) is 0 Å². The van der Waals surface area contributed by atoms with Gasteiger partial charge in [0.05, 0.1) is 12.0 Å². The molecule has 0 aromatic carbocycles. The Hall–Kier alpha value is -1.36. The fourth-order valence-corrected chi connectivity index (χ4v) is 4.60. The number of ether oxygens (including phenoxy) is 1. The van der Waals surface area contributed by atoms with Crippen molar-refractivity contribution in [1.82, 2.24) is 5.32 Å². The molecular weight excluding hydrogens is 286 g/mol. The minimum atomic E-state index is -0.821. The van der Waals surface area contributed by atoms with Gasteiger partial charge in [0.2, 0.25) is 0 Å². The molecule has 4 nitrogen and oxygen atoms in total. The van der Waals surface area contributed by atoms with Crippen molar-refractivity contribution in [2.24, 2.45) is 0 Å². The topological polar surface area (TPSA) is 55.4 Å². The average molecular weight is 307 g/mol. The average Bonchev–Trinajstić information content (AvgIpc) is 3.08. The molecule has 114 valence electrons. The summed E-state index contributed by atoms with van der Waals surface area (Å²) in [4.78, 5) is 26.8. The number of aryl methyl sites for hydroxylation is 2. The van der Waals surface area contributed by atoms with Crippen molar-refractivity contribution in [3.05, 3.63) is 21.4 Å². The zero-order valence-electron chi connectivity index (χ0n) is 12.4. The highest BCUT2D eigenvalue weighted by atomic mass is 32.1. The molecule has 21 heavy (non-hydrogen) atoms. The monoisotopic (exact) mass is 307 g/mol. The summed E-state index contributed by atoms with van der Waals surface area (Å²) < 4.78 is 4.94. The number of thiophene rings is 1. The van der Waals surface area contributed by atoms with E-state index in [4.69, 9.17) is 4.74 Å². The van der Waals surface area contributed by atoms with Crippen molar-refractivity contribution in [3.63, 3.8) is 0 Å². The van der Waals surface area contributed by atoms with Crippen LogP contribution in [0.25, 0.3) is 0 Å². The Bertz CT molecular complexity index is 536. The Balaban J connectivity index is 1.78. The van der Waals surface area contributed by atoms with E-state index in [1.807, 2.05) is 6.07 Å². The predicted octanol–water partition coefficient (Wildman–Crippen LogP) is 2.84. The van der Waals surface area contributed by atoms with Crippen LogP contribution in [-0.2, 0) is 22.4 Å². The standard InChI is InChI=1S/C16H21NO3S/c1-20-15(19)16(8-3-2-4-9-16)17-14(18)13-10-11-6-5-7-12(11)21-13/h10H,2-9H2,1H3,(H,17,18). The minimum absolute atomic E-state index is 0.123. The Morgan fingerprint density at radius 1 is 1.19 bits per heavy atom. The van der Waals surface area contributed by atoms with Gasteiger partial charge in [-0.15, -0.1) is 11.3 Å². The van der Waals surface area contributed by atoms with Crippen molar-refractivity contribution < 1.29 is 14.3 Å². The number of carbonyl (C=O) groups is 2. The van der Waals surface area contributed by atoms with E-state index in [1.165, 1.54) is 24.0 Å². The molecule has 1 aromatic heterocycles. The SMILES string of the molecule is COC(=O)C1(NC(=O)c2cc3c(s2)CCC3)CCCCC1. The van der Waals surface area contributed by atoms with Gasteiger partial charge in [0, 0.05) is 4.88 Å². The van der Waals surface area contributed by atoms with E-state index in [1.54, 1.807) is 11.3 Å². The van der Waals surface area contributed by atoms with Gasteiger partial charge in [-0.05, 0) is 43.7 Å². The van der Waals surface area contributed by atoms with Gasteiger partial charge in [0.15, 0.2) is 0 Å². The molecule has 2 aliphatic rings. The van der Waals surface area contributed by atoms with Gasteiger partial charge in [-0.3, -0.25) is 4.79 Å². The lowest BCUT2D eigenvalue weighted by atomic mass is 9.81. The maximum Gasteiger partial charge on any atom is 0.331 e. The Labute approximate surface area is 128 Å². The smallest absolute Gasteiger partial charge is 0.331 e. The van der Waals surface area contributed by atoms with Gasteiger partial charge in [0.1, 0.15) is 5.54 Å². The second kappa shape index (κ2) is 5.79. The summed E-state index contributed by atoms with van der Waals surface area (Å²) in [6.45, 7) is 0. The van der Waals surface area contributed by atoms with E-state index >= 15 is 0 Å². The van der Waals surface area contributed by atoms with Crippen LogP contribution in [0.1, 0.15) is 58.6 Å². The summed E-state index contributed by atoms with van der Waals surface area (Å²) >= 11 is 1.57. The summed E-state index contributed by atoms with van der Waals surface area (Å²) in [5.74, 6) is -0.429. The minimum Gasteiger partial charge on any atom is -0.467 e. The van der Waals surface area contributed by atoms with Crippen molar-refractivity contribution in [2.45, 2.75) is 56.9 Å². The van der Waals surface area contributed by atoms with Gasteiger partial charge in [-0.25, -0.2) is 4.79 Å². The predicted molar refractivity (Wildman–Crippen MR) is 81.6 cm³/mol. The molecule has 1 N–H and O–H groups in total. The quantitative estimate of drug-likeness (QED) is 0.874. The first kappa shape index (κ1) is 14.6. The van der Waals surface area contributed by atoms with Gasteiger partial charge in [-0.1, -0.05) is 19.3 Å². The second-order valence-corrected chi connectivity index (χ2v) is 7.14. The van der Waals surface area contributed by atoms with Crippen LogP contribution in [0.15, 0.2) is 6.07 Å².